The summed E-state index contributed by atoms with van der Waals surface area (Å²) in [6.07, 6.45) is 3.19. The summed E-state index contributed by atoms with van der Waals surface area (Å²) in [5.74, 6) is 0.661. The Hall–Kier alpha value is -1.30. The highest BCUT2D eigenvalue weighted by molar-refractivity contribution is 5.43. The minimum Gasteiger partial charge on any atom is -0.491 e. The SMILES string of the molecule is CN(CC(O)COc1cccc(N)c1)C1CCCCC1O. The first-order valence-corrected chi connectivity index (χ1v) is 7.61. The van der Waals surface area contributed by atoms with Gasteiger partial charge in [-0.2, -0.15) is 0 Å². The van der Waals surface area contributed by atoms with Gasteiger partial charge >= 0.3 is 0 Å². The highest BCUT2D eigenvalue weighted by Crippen LogP contribution is 2.22. The quantitative estimate of drug-likeness (QED) is 0.688. The average Bonchev–Trinajstić information content (AvgIpc) is 2.45. The first-order chi connectivity index (χ1) is 10.1. The molecule has 5 heteroatoms. The number of rotatable bonds is 6. The summed E-state index contributed by atoms with van der Waals surface area (Å²) in [4.78, 5) is 2.04. The molecule has 0 aromatic heterocycles. The van der Waals surface area contributed by atoms with E-state index in [-0.39, 0.29) is 18.8 Å². The molecule has 4 N–H and O–H groups in total. The number of nitrogens with two attached hydrogens (primary N) is 1. The Labute approximate surface area is 126 Å². The van der Waals surface area contributed by atoms with Crippen molar-refractivity contribution in [1.29, 1.82) is 0 Å². The molecule has 0 aliphatic heterocycles. The molecule has 3 atom stereocenters. The smallest absolute Gasteiger partial charge is 0.121 e. The fraction of sp³-hybridized carbons (Fsp3) is 0.625. The summed E-state index contributed by atoms with van der Waals surface area (Å²) in [6.45, 7) is 0.709. The van der Waals surface area contributed by atoms with E-state index in [1.165, 1.54) is 0 Å². The van der Waals surface area contributed by atoms with Crippen molar-refractivity contribution in [3.8, 4) is 5.75 Å². The summed E-state index contributed by atoms with van der Waals surface area (Å²) >= 11 is 0. The fourth-order valence-corrected chi connectivity index (χ4v) is 2.92. The zero-order valence-electron chi connectivity index (χ0n) is 12.6. The van der Waals surface area contributed by atoms with Gasteiger partial charge in [0.1, 0.15) is 18.5 Å². The van der Waals surface area contributed by atoms with Crippen molar-refractivity contribution < 1.29 is 14.9 Å². The maximum absolute atomic E-state index is 10.1. The van der Waals surface area contributed by atoms with Gasteiger partial charge in [0.2, 0.25) is 0 Å². The number of likely N-dealkylation sites (N-methyl/N-ethyl adjacent to an activating group) is 1. The van der Waals surface area contributed by atoms with Gasteiger partial charge in [-0.05, 0) is 32.0 Å². The number of ether oxygens (including phenoxy) is 1. The van der Waals surface area contributed by atoms with Crippen molar-refractivity contribution in [1.82, 2.24) is 4.90 Å². The van der Waals surface area contributed by atoms with Gasteiger partial charge in [0.05, 0.1) is 6.10 Å². The lowest BCUT2D eigenvalue weighted by molar-refractivity contribution is 0.00207. The molecule has 0 amide bonds. The first kappa shape index (κ1) is 16.1. The zero-order valence-corrected chi connectivity index (χ0v) is 12.6. The van der Waals surface area contributed by atoms with Crippen LogP contribution in [-0.4, -0.2) is 53.6 Å². The van der Waals surface area contributed by atoms with Crippen LogP contribution in [0.3, 0.4) is 0 Å². The van der Waals surface area contributed by atoms with E-state index in [0.717, 1.165) is 25.7 Å². The van der Waals surface area contributed by atoms with Crippen LogP contribution in [0.15, 0.2) is 24.3 Å². The van der Waals surface area contributed by atoms with Crippen LogP contribution in [0.4, 0.5) is 5.69 Å². The molecule has 118 valence electrons. The van der Waals surface area contributed by atoms with Gasteiger partial charge in [-0.15, -0.1) is 0 Å². The van der Waals surface area contributed by atoms with Gasteiger partial charge < -0.3 is 20.7 Å². The molecule has 1 aromatic carbocycles. The lowest BCUT2D eigenvalue weighted by atomic mass is 9.91. The molecule has 5 nitrogen and oxygen atoms in total. The second kappa shape index (κ2) is 7.64. The molecule has 1 aliphatic carbocycles. The summed E-state index contributed by atoms with van der Waals surface area (Å²) in [7, 11) is 1.95. The summed E-state index contributed by atoms with van der Waals surface area (Å²) in [5.41, 5.74) is 6.32. The van der Waals surface area contributed by atoms with Crippen LogP contribution in [0.2, 0.25) is 0 Å². The highest BCUT2D eigenvalue weighted by atomic mass is 16.5. The average molecular weight is 294 g/mol. The Balaban J connectivity index is 1.77. The van der Waals surface area contributed by atoms with Gasteiger partial charge in [-0.1, -0.05) is 18.9 Å². The molecule has 1 saturated carbocycles. The van der Waals surface area contributed by atoms with Crippen LogP contribution in [0, 0.1) is 0 Å². The second-order valence-corrected chi connectivity index (χ2v) is 5.90. The van der Waals surface area contributed by atoms with E-state index in [1.807, 2.05) is 24.1 Å². The maximum Gasteiger partial charge on any atom is 0.121 e. The van der Waals surface area contributed by atoms with Crippen LogP contribution in [0.5, 0.6) is 5.75 Å². The van der Waals surface area contributed by atoms with Crippen molar-refractivity contribution >= 4 is 5.69 Å². The van der Waals surface area contributed by atoms with Gasteiger partial charge in [0.15, 0.2) is 0 Å². The number of benzene rings is 1. The molecule has 0 heterocycles. The third kappa shape index (κ3) is 4.88. The molecule has 21 heavy (non-hydrogen) atoms. The number of hydrogen-bond donors (Lipinski definition) is 3. The number of nitrogen functional groups attached to an aromatic ring is 1. The Kier molecular flexibility index (Phi) is 5.85. The molecule has 2 rings (SSSR count). The van der Waals surface area contributed by atoms with E-state index >= 15 is 0 Å². The monoisotopic (exact) mass is 294 g/mol. The van der Waals surface area contributed by atoms with Gasteiger partial charge in [0.25, 0.3) is 0 Å². The van der Waals surface area contributed by atoms with Crippen LogP contribution >= 0.6 is 0 Å². The molecular weight excluding hydrogens is 268 g/mol. The van der Waals surface area contributed by atoms with E-state index in [4.69, 9.17) is 10.5 Å². The normalized spacial score (nSPS) is 24.0. The molecular formula is C16H26N2O3. The minimum atomic E-state index is -0.592. The van der Waals surface area contributed by atoms with Gasteiger partial charge in [-0.25, -0.2) is 0 Å². The predicted molar refractivity (Wildman–Crippen MR) is 83.2 cm³/mol. The number of aliphatic hydroxyl groups is 2. The summed E-state index contributed by atoms with van der Waals surface area (Å²) in [6, 6.07) is 7.31. The number of nitrogens with zero attached hydrogens (tertiary/aromatic N) is 1. The van der Waals surface area contributed by atoms with Gasteiger partial charge in [0, 0.05) is 24.3 Å². The lowest BCUT2D eigenvalue weighted by Gasteiger charge is -2.36. The van der Waals surface area contributed by atoms with Crippen LogP contribution < -0.4 is 10.5 Å². The topological polar surface area (TPSA) is 79.0 Å². The fourth-order valence-electron chi connectivity index (χ4n) is 2.92. The van der Waals surface area contributed by atoms with Crippen LogP contribution in [0.25, 0.3) is 0 Å². The van der Waals surface area contributed by atoms with Crippen molar-refractivity contribution in [3.05, 3.63) is 24.3 Å². The molecule has 1 fully saturated rings. The number of anilines is 1. The third-order valence-corrected chi connectivity index (χ3v) is 4.06. The summed E-state index contributed by atoms with van der Waals surface area (Å²) < 4.78 is 5.54. The van der Waals surface area contributed by atoms with Gasteiger partial charge in [-0.3, -0.25) is 4.90 Å². The van der Waals surface area contributed by atoms with Crippen LogP contribution in [0.1, 0.15) is 25.7 Å². The molecule has 1 aromatic rings. The second-order valence-electron chi connectivity index (χ2n) is 5.90. The Morgan fingerprint density at radius 2 is 2.14 bits per heavy atom. The largest absolute Gasteiger partial charge is 0.491 e. The molecule has 3 unspecified atom stereocenters. The number of aliphatic hydroxyl groups excluding tert-OH is 2. The zero-order chi connectivity index (χ0) is 15.2. The lowest BCUT2D eigenvalue weighted by Crippen LogP contribution is -2.47. The maximum atomic E-state index is 10.1. The Morgan fingerprint density at radius 1 is 1.38 bits per heavy atom. The number of hydrogen-bond acceptors (Lipinski definition) is 5. The molecule has 0 saturated heterocycles. The molecule has 0 bridgehead atoms. The van der Waals surface area contributed by atoms with E-state index in [0.29, 0.717) is 18.0 Å². The highest BCUT2D eigenvalue weighted by Gasteiger charge is 2.27. The van der Waals surface area contributed by atoms with E-state index in [1.54, 1.807) is 12.1 Å². The van der Waals surface area contributed by atoms with Crippen molar-refractivity contribution in [3.63, 3.8) is 0 Å². The van der Waals surface area contributed by atoms with E-state index in [2.05, 4.69) is 0 Å². The van der Waals surface area contributed by atoms with Crippen LogP contribution in [-0.2, 0) is 0 Å². The van der Waals surface area contributed by atoms with Crippen molar-refractivity contribution in [2.24, 2.45) is 0 Å². The first-order valence-electron chi connectivity index (χ1n) is 7.61. The van der Waals surface area contributed by atoms with E-state index in [9.17, 15) is 10.2 Å². The van der Waals surface area contributed by atoms with E-state index < -0.39 is 6.10 Å². The van der Waals surface area contributed by atoms with Crippen molar-refractivity contribution in [2.45, 2.75) is 43.9 Å². The molecule has 0 spiro atoms. The third-order valence-electron chi connectivity index (χ3n) is 4.06. The molecule has 0 radical (unpaired) electrons. The predicted octanol–water partition coefficient (Wildman–Crippen LogP) is 1.24. The van der Waals surface area contributed by atoms with Crippen molar-refractivity contribution in [2.75, 3.05) is 25.9 Å². The molecule has 1 aliphatic rings. The minimum absolute atomic E-state index is 0.140. The Morgan fingerprint density at radius 3 is 2.86 bits per heavy atom. The Bertz CT molecular complexity index is 441. The summed E-state index contributed by atoms with van der Waals surface area (Å²) in [5, 5.41) is 20.1. The standard InChI is InChI=1S/C16H26N2O3/c1-18(15-7-2-3-8-16(15)20)10-13(19)11-21-14-6-4-5-12(17)9-14/h4-6,9,13,15-16,19-20H,2-3,7-8,10-11,17H2,1H3.